The third-order valence-electron chi connectivity index (χ3n) is 1.30. The highest BCUT2D eigenvalue weighted by Crippen LogP contribution is 2.04. The van der Waals surface area contributed by atoms with E-state index in [1.807, 2.05) is 0 Å². The molecule has 3 N–H and O–H groups in total. The number of aliphatic hydroxyl groups is 1. The van der Waals surface area contributed by atoms with Gasteiger partial charge in [0.1, 0.15) is 6.04 Å². The van der Waals surface area contributed by atoms with Crippen LogP contribution < -0.4 is 5.32 Å². The van der Waals surface area contributed by atoms with Gasteiger partial charge in [0.05, 0.1) is 0 Å². The summed E-state index contributed by atoms with van der Waals surface area (Å²) < 4.78 is 0. The number of hydrogen-bond acceptors (Lipinski definition) is 4. The summed E-state index contributed by atoms with van der Waals surface area (Å²) in [6, 6.07) is -0.832. The van der Waals surface area contributed by atoms with Crippen molar-refractivity contribution >= 4 is 24.1 Å². The smallest absolute Gasteiger partial charge is 0.327 e. The predicted molar refractivity (Wildman–Crippen MR) is 49.7 cm³/mol. The molecule has 0 aromatic rings. The van der Waals surface area contributed by atoms with Crippen LogP contribution in [0.15, 0.2) is 0 Å². The molecule has 0 saturated carbocycles. The van der Waals surface area contributed by atoms with E-state index < -0.39 is 12.0 Å². The zero-order chi connectivity index (χ0) is 10.1. The second kappa shape index (κ2) is 7.88. The number of amides is 1. The zero-order valence-corrected chi connectivity index (χ0v) is 7.92. The van der Waals surface area contributed by atoms with E-state index in [1.165, 1.54) is 11.8 Å². The van der Waals surface area contributed by atoms with Crippen LogP contribution in [0.25, 0.3) is 0 Å². The van der Waals surface area contributed by atoms with E-state index in [2.05, 4.69) is 5.32 Å². The molecular weight excluding hydrogens is 194 g/mol. The summed E-state index contributed by atoms with van der Waals surface area (Å²) in [5, 5.41) is 19.2. The van der Waals surface area contributed by atoms with E-state index >= 15 is 0 Å². The Kier molecular flexibility index (Phi) is 7.42. The molecule has 0 bridgehead atoms. The molecule has 76 valence electrons. The van der Waals surface area contributed by atoms with Crippen molar-refractivity contribution in [3.8, 4) is 0 Å². The highest BCUT2D eigenvalue weighted by atomic mass is 32.2. The van der Waals surface area contributed by atoms with E-state index in [9.17, 15) is 9.59 Å². The van der Waals surface area contributed by atoms with Crippen LogP contribution in [0.1, 0.15) is 6.42 Å². The molecular formula is C7H13NO4S. The summed E-state index contributed by atoms with van der Waals surface area (Å²) in [6.07, 6.45) is 1.02. The Balaban J connectivity index is 3.56. The lowest BCUT2D eigenvalue weighted by Gasteiger charge is -2.09. The highest BCUT2D eigenvalue weighted by molar-refractivity contribution is 7.99. The quantitative estimate of drug-likeness (QED) is 0.362. The molecule has 0 aromatic heterocycles. The van der Waals surface area contributed by atoms with Crippen molar-refractivity contribution in [3.63, 3.8) is 0 Å². The first-order valence-electron chi connectivity index (χ1n) is 3.83. The molecule has 0 heterocycles. The van der Waals surface area contributed by atoms with Crippen LogP contribution in [0.5, 0.6) is 0 Å². The topological polar surface area (TPSA) is 86.6 Å². The zero-order valence-electron chi connectivity index (χ0n) is 7.10. The van der Waals surface area contributed by atoms with Crippen molar-refractivity contribution in [1.82, 2.24) is 5.32 Å². The fraction of sp³-hybridized carbons (Fsp3) is 0.714. The van der Waals surface area contributed by atoms with Crippen LogP contribution in [0, 0.1) is 0 Å². The van der Waals surface area contributed by atoms with Crippen LogP contribution in [-0.2, 0) is 9.59 Å². The average Bonchev–Trinajstić information content (AvgIpc) is 2.10. The highest BCUT2D eigenvalue weighted by Gasteiger charge is 2.15. The van der Waals surface area contributed by atoms with Crippen molar-refractivity contribution in [2.75, 3.05) is 18.1 Å². The number of aliphatic carboxylic acids is 1. The van der Waals surface area contributed by atoms with Crippen LogP contribution >= 0.6 is 11.8 Å². The van der Waals surface area contributed by atoms with Crippen molar-refractivity contribution in [3.05, 3.63) is 0 Å². The largest absolute Gasteiger partial charge is 0.480 e. The summed E-state index contributed by atoms with van der Waals surface area (Å²) in [5.41, 5.74) is 0. The maximum Gasteiger partial charge on any atom is 0.327 e. The lowest BCUT2D eigenvalue weighted by molar-refractivity contribution is -0.139. The molecule has 0 aliphatic heterocycles. The second-order valence-corrected chi connectivity index (χ2v) is 3.48. The number of rotatable bonds is 8. The van der Waals surface area contributed by atoms with E-state index in [1.54, 1.807) is 0 Å². The number of carbonyl (C=O) groups is 2. The normalized spacial score (nSPS) is 12.1. The molecule has 0 aliphatic carbocycles. The van der Waals surface area contributed by atoms with Crippen LogP contribution in [-0.4, -0.2) is 46.7 Å². The first kappa shape index (κ1) is 12.2. The van der Waals surface area contributed by atoms with Gasteiger partial charge in [-0.15, -0.1) is 0 Å². The minimum Gasteiger partial charge on any atom is -0.480 e. The Morgan fingerprint density at radius 2 is 2.31 bits per heavy atom. The van der Waals surface area contributed by atoms with Gasteiger partial charge in [0, 0.05) is 12.4 Å². The lowest BCUT2D eigenvalue weighted by Crippen LogP contribution is -2.37. The number of carboxylic acid groups (broad SMARTS) is 1. The van der Waals surface area contributed by atoms with Crippen LogP contribution in [0.2, 0.25) is 0 Å². The first-order valence-corrected chi connectivity index (χ1v) is 4.99. The molecule has 1 atom stereocenters. The Bertz CT molecular complexity index is 165. The van der Waals surface area contributed by atoms with E-state index in [0.29, 0.717) is 24.3 Å². The predicted octanol–water partition coefficient (Wildman–Crippen LogP) is -0.699. The number of thioether (sulfide) groups is 1. The Hall–Kier alpha value is -0.750. The van der Waals surface area contributed by atoms with Gasteiger partial charge in [0.15, 0.2) is 0 Å². The Morgan fingerprint density at radius 3 is 2.77 bits per heavy atom. The maximum absolute atomic E-state index is 10.5. The standard InChI is InChI=1S/C7H13NO4S/c9-2-1-3-13-4-6(7(11)12)8-5-10/h5-6,9H,1-4H2,(H,8,10)(H,11,12). The van der Waals surface area contributed by atoms with Gasteiger partial charge in [0.2, 0.25) is 6.41 Å². The fourth-order valence-electron chi connectivity index (χ4n) is 0.641. The maximum atomic E-state index is 10.5. The van der Waals surface area contributed by atoms with E-state index in [4.69, 9.17) is 10.2 Å². The number of aliphatic hydroxyl groups excluding tert-OH is 1. The SMILES string of the molecule is O=CNC(CSCCCO)C(=O)O. The van der Waals surface area contributed by atoms with Gasteiger partial charge >= 0.3 is 5.97 Å². The van der Waals surface area contributed by atoms with E-state index in [0.717, 1.165) is 0 Å². The van der Waals surface area contributed by atoms with Crippen LogP contribution in [0.3, 0.4) is 0 Å². The van der Waals surface area contributed by atoms with E-state index in [-0.39, 0.29) is 6.61 Å². The Morgan fingerprint density at radius 1 is 1.62 bits per heavy atom. The average molecular weight is 207 g/mol. The minimum atomic E-state index is -1.04. The van der Waals surface area contributed by atoms with Crippen molar-refractivity contribution in [1.29, 1.82) is 0 Å². The van der Waals surface area contributed by atoms with Crippen LogP contribution in [0.4, 0.5) is 0 Å². The third kappa shape index (κ3) is 6.41. The summed E-state index contributed by atoms with van der Waals surface area (Å²) in [6.45, 7) is 0.103. The minimum absolute atomic E-state index is 0.103. The number of nitrogens with one attached hydrogen (secondary N) is 1. The number of carboxylic acids is 1. The molecule has 0 aromatic carbocycles. The monoisotopic (exact) mass is 207 g/mol. The van der Waals surface area contributed by atoms with Gasteiger partial charge in [-0.25, -0.2) is 4.79 Å². The fourth-order valence-corrected chi connectivity index (χ4v) is 1.62. The van der Waals surface area contributed by atoms with Gasteiger partial charge in [-0.2, -0.15) is 11.8 Å². The molecule has 13 heavy (non-hydrogen) atoms. The van der Waals surface area contributed by atoms with Crippen molar-refractivity contribution in [2.45, 2.75) is 12.5 Å². The van der Waals surface area contributed by atoms with Gasteiger partial charge in [-0.3, -0.25) is 4.79 Å². The molecule has 0 spiro atoms. The van der Waals surface area contributed by atoms with Gasteiger partial charge < -0.3 is 15.5 Å². The molecule has 1 amide bonds. The molecule has 0 radical (unpaired) electrons. The van der Waals surface area contributed by atoms with Gasteiger partial charge in [-0.1, -0.05) is 0 Å². The molecule has 6 heteroatoms. The number of carbonyl (C=O) groups excluding carboxylic acids is 1. The van der Waals surface area contributed by atoms with Gasteiger partial charge in [0.25, 0.3) is 0 Å². The molecule has 5 nitrogen and oxygen atoms in total. The molecule has 0 saturated heterocycles. The van der Waals surface area contributed by atoms with Gasteiger partial charge in [-0.05, 0) is 12.2 Å². The number of hydrogen-bond donors (Lipinski definition) is 3. The lowest BCUT2D eigenvalue weighted by atomic mass is 10.3. The summed E-state index contributed by atoms with van der Waals surface area (Å²) in [5.74, 6) is -0.0156. The van der Waals surface area contributed by atoms with Crippen molar-refractivity contribution < 1.29 is 19.8 Å². The summed E-state index contributed by atoms with van der Waals surface area (Å²) in [4.78, 5) is 20.5. The summed E-state index contributed by atoms with van der Waals surface area (Å²) in [7, 11) is 0. The third-order valence-corrected chi connectivity index (χ3v) is 2.45. The molecule has 0 fully saturated rings. The van der Waals surface area contributed by atoms with Crippen molar-refractivity contribution in [2.24, 2.45) is 0 Å². The second-order valence-electron chi connectivity index (χ2n) is 2.33. The molecule has 0 aliphatic rings. The Labute approximate surface area is 80.5 Å². The molecule has 1 unspecified atom stereocenters. The summed E-state index contributed by atoms with van der Waals surface area (Å²) >= 11 is 1.39. The molecule has 0 rings (SSSR count). The first-order chi connectivity index (χ1) is 6.22.